The standard InChI is InChI=1S/C2F6.C2H6O/c3-1(4,5)2(6,7)8;1-2-3/h;3H,2H2,1H3. The molecule has 11 heavy (non-hydrogen) atoms. The molecule has 0 radical (unpaired) electrons. The summed E-state index contributed by atoms with van der Waals surface area (Å²) in [5.41, 5.74) is 0. The maximum absolute atomic E-state index is 10.4. The molecule has 0 aromatic heterocycles. The van der Waals surface area contributed by atoms with E-state index in [1.165, 1.54) is 0 Å². The Balaban J connectivity index is 0. The lowest BCUT2D eigenvalue weighted by Gasteiger charge is -2.08. The zero-order chi connectivity index (χ0) is 9.71. The molecule has 0 atom stereocenters. The van der Waals surface area contributed by atoms with Crippen LogP contribution in [0.25, 0.3) is 0 Å². The molecule has 0 aromatic rings. The van der Waals surface area contributed by atoms with Crippen molar-refractivity contribution < 1.29 is 31.4 Å². The Kier molecular flexibility index (Phi) is 5.29. The van der Waals surface area contributed by atoms with Crippen LogP contribution in [0, 0.1) is 0 Å². The fraction of sp³-hybridized carbons (Fsp3) is 1.00. The van der Waals surface area contributed by atoms with Crippen LogP contribution in [0.2, 0.25) is 0 Å². The van der Waals surface area contributed by atoms with Crippen LogP contribution in [0.4, 0.5) is 26.3 Å². The van der Waals surface area contributed by atoms with E-state index in [0.717, 1.165) is 0 Å². The van der Waals surface area contributed by atoms with Crippen LogP contribution in [-0.2, 0) is 0 Å². The molecule has 0 aliphatic heterocycles. The van der Waals surface area contributed by atoms with Crippen molar-refractivity contribution in [3.63, 3.8) is 0 Å². The SMILES string of the molecule is CCO.FC(F)(F)C(F)(F)F. The average Bonchev–Trinajstić information content (AvgIpc) is 1.60. The summed E-state index contributed by atoms with van der Waals surface area (Å²) in [6.07, 6.45) is -12.1. The fourth-order valence-electron chi connectivity index (χ4n) is 0. The van der Waals surface area contributed by atoms with Gasteiger partial charge in [0.2, 0.25) is 0 Å². The van der Waals surface area contributed by atoms with Crippen LogP contribution in [0.3, 0.4) is 0 Å². The van der Waals surface area contributed by atoms with Crippen molar-refractivity contribution in [1.82, 2.24) is 0 Å². The Bertz CT molecular complexity index is 79.7. The third kappa shape index (κ3) is 7.44. The Morgan fingerprint density at radius 3 is 1.00 bits per heavy atom. The molecule has 7 heteroatoms. The van der Waals surface area contributed by atoms with Gasteiger partial charge in [-0.2, -0.15) is 26.3 Å². The van der Waals surface area contributed by atoms with E-state index >= 15 is 0 Å². The number of aliphatic hydroxyl groups excluding tert-OH is 1. The van der Waals surface area contributed by atoms with E-state index in [9.17, 15) is 26.3 Å². The highest BCUT2D eigenvalue weighted by atomic mass is 19.5. The maximum Gasteiger partial charge on any atom is 0.487 e. The smallest absolute Gasteiger partial charge is 0.397 e. The monoisotopic (exact) mass is 184 g/mol. The van der Waals surface area contributed by atoms with Gasteiger partial charge in [-0.15, -0.1) is 0 Å². The van der Waals surface area contributed by atoms with Gasteiger partial charge in [0.1, 0.15) is 0 Å². The summed E-state index contributed by atoms with van der Waals surface area (Å²) >= 11 is 0. The lowest BCUT2D eigenvalue weighted by Crippen LogP contribution is -2.30. The first-order chi connectivity index (χ1) is 4.66. The predicted octanol–water partition coefficient (Wildman–Crippen LogP) is 2.11. The first kappa shape index (κ1) is 13.2. The largest absolute Gasteiger partial charge is 0.487 e. The van der Waals surface area contributed by atoms with Crippen LogP contribution in [0.1, 0.15) is 6.92 Å². The highest BCUT2D eigenvalue weighted by Crippen LogP contribution is 2.35. The maximum atomic E-state index is 10.4. The average molecular weight is 184 g/mol. The van der Waals surface area contributed by atoms with Crippen LogP contribution >= 0.6 is 0 Å². The first-order valence-corrected chi connectivity index (χ1v) is 2.41. The summed E-state index contributed by atoms with van der Waals surface area (Å²) in [6, 6.07) is 0. The summed E-state index contributed by atoms with van der Waals surface area (Å²) < 4.78 is 62.6. The summed E-state index contributed by atoms with van der Waals surface area (Å²) in [4.78, 5) is 0. The zero-order valence-electron chi connectivity index (χ0n) is 5.42. The van der Waals surface area contributed by atoms with E-state index in [-0.39, 0.29) is 6.61 Å². The van der Waals surface area contributed by atoms with Gasteiger partial charge in [0, 0.05) is 6.61 Å². The molecule has 0 saturated heterocycles. The second-order valence-electron chi connectivity index (χ2n) is 1.31. The molecule has 1 N–H and O–H groups in total. The molecule has 0 spiro atoms. The topological polar surface area (TPSA) is 20.2 Å². The minimum Gasteiger partial charge on any atom is -0.397 e. The summed E-state index contributed by atoms with van der Waals surface area (Å²) in [5, 5.41) is 7.57. The van der Waals surface area contributed by atoms with Gasteiger partial charge < -0.3 is 5.11 Å². The summed E-state index contributed by atoms with van der Waals surface area (Å²) in [6.45, 7) is 1.93. The van der Waals surface area contributed by atoms with Crippen LogP contribution < -0.4 is 0 Å². The molecule has 70 valence electrons. The lowest BCUT2D eigenvalue weighted by molar-refractivity contribution is -0.339. The van der Waals surface area contributed by atoms with Gasteiger partial charge in [-0.3, -0.25) is 0 Å². The van der Waals surface area contributed by atoms with Crippen LogP contribution in [-0.4, -0.2) is 24.1 Å². The third-order valence-corrected chi connectivity index (χ3v) is 0.321. The molecule has 0 fully saturated rings. The molecule has 1 nitrogen and oxygen atoms in total. The second kappa shape index (κ2) is 4.42. The van der Waals surface area contributed by atoms with E-state index in [4.69, 9.17) is 5.11 Å². The van der Waals surface area contributed by atoms with E-state index in [1.54, 1.807) is 6.92 Å². The Hall–Kier alpha value is -0.460. The van der Waals surface area contributed by atoms with Crippen molar-refractivity contribution in [2.24, 2.45) is 0 Å². The van der Waals surface area contributed by atoms with E-state index in [1.807, 2.05) is 0 Å². The molecule has 0 bridgehead atoms. The Morgan fingerprint density at radius 2 is 1.00 bits per heavy atom. The number of aliphatic hydroxyl groups is 1. The first-order valence-electron chi connectivity index (χ1n) is 2.41. The molecule has 0 aliphatic rings. The highest BCUT2D eigenvalue weighted by molar-refractivity contribution is 4.59. The molecule has 0 saturated carbocycles. The lowest BCUT2D eigenvalue weighted by atomic mass is 10.7. The Morgan fingerprint density at radius 1 is 0.909 bits per heavy atom. The quantitative estimate of drug-likeness (QED) is 0.571. The number of alkyl halides is 6. The van der Waals surface area contributed by atoms with Crippen molar-refractivity contribution in [3.8, 4) is 0 Å². The molecule has 0 rings (SSSR count). The summed E-state index contributed by atoms with van der Waals surface area (Å²) in [7, 11) is 0. The van der Waals surface area contributed by atoms with Gasteiger partial charge >= 0.3 is 12.4 Å². The minimum absolute atomic E-state index is 0.250. The van der Waals surface area contributed by atoms with Crippen molar-refractivity contribution in [2.45, 2.75) is 19.3 Å². The van der Waals surface area contributed by atoms with Crippen molar-refractivity contribution in [3.05, 3.63) is 0 Å². The minimum atomic E-state index is -6.06. The van der Waals surface area contributed by atoms with Gasteiger partial charge in [-0.25, -0.2) is 0 Å². The molecule has 0 aliphatic carbocycles. The zero-order valence-corrected chi connectivity index (χ0v) is 5.42. The fourth-order valence-corrected chi connectivity index (χ4v) is 0. The van der Waals surface area contributed by atoms with E-state index in [2.05, 4.69) is 0 Å². The normalized spacial score (nSPS) is 12.0. The molecule has 0 aromatic carbocycles. The van der Waals surface area contributed by atoms with Gasteiger partial charge in [-0.05, 0) is 6.92 Å². The molecule has 0 unspecified atom stereocenters. The number of rotatable bonds is 0. The van der Waals surface area contributed by atoms with Gasteiger partial charge in [0.15, 0.2) is 0 Å². The summed E-state index contributed by atoms with van der Waals surface area (Å²) in [5.74, 6) is 0. The molecule has 0 heterocycles. The van der Waals surface area contributed by atoms with Crippen molar-refractivity contribution in [2.75, 3.05) is 6.61 Å². The molecular weight excluding hydrogens is 178 g/mol. The Labute approximate surface area is 58.6 Å². The van der Waals surface area contributed by atoms with E-state index < -0.39 is 12.4 Å². The van der Waals surface area contributed by atoms with Crippen molar-refractivity contribution in [1.29, 1.82) is 0 Å². The molecule has 0 amide bonds. The number of halogens is 6. The number of hydrogen-bond donors (Lipinski definition) is 1. The van der Waals surface area contributed by atoms with E-state index in [0.29, 0.717) is 0 Å². The second-order valence-corrected chi connectivity index (χ2v) is 1.31. The highest BCUT2D eigenvalue weighted by Gasteiger charge is 2.58. The van der Waals surface area contributed by atoms with Gasteiger partial charge in [0.25, 0.3) is 0 Å². The number of hydrogen-bond acceptors (Lipinski definition) is 1. The van der Waals surface area contributed by atoms with Crippen LogP contribution in [0.5, 0.6) is 0 Å². The van der Waals surface area contributed by atoms with Crippen molar-refractivity contribution >= 4 is 0 Å². The molecular formula is C4H6F6O. The van der Waals surface area contributed by atoms with Crippen LogP contribution in [0.15, 0.2) is 0 Å². The predicted molar refractivity (Wildman–Crippen MR) is 24.9 cm³/mol. The van der Waals surface area contributed by atoms with Gasteiger partial charge in [-0.1, -0.05) is 0 Å². The van der Waals surface area contributed by atoms with Gasteiger partial charge in [0.05, 0.1) is 0 Å². The third-order valence-electron chi connectivity index (χ3n) is 0.321.